The molecule has 0 saturated carbocycles. The Labute approximate surface area is 135 Å². The van der Waals surface area contributed by atoms with Crippen LogP contribution in [-0.2, 0) is 16.0 Å². The zero-order chi connectivity index (χ0) is 16.4. The lowest BCUT2D eigenvalue weighted by molar-refractivity contribution is -0.141. The summed E-state index contributed by atoms with van der Waals surface area (Å²) in [6.07, 6.45) is 2.49. The number of rotatable bonds is 2. The largest absolute Gasteiger partial charge is 0.354 e. The quantitative estimate of drug-likeness (QED) is 0.806. The molecule has 0 aliphatic carbocycles. The second kappa shape index (κ2) is 6.27. The van der Waals surface area contributed by atoms with Gasteiger partial charge in [0.1, 0.15) is 16.9 Å². The van der Waals surface area contributed by atoms with Crippen molar-refractivity contribution in [2.45, 2.75) is 38.1 Å². The molecule has 1 spiro atoms. The van der Waals surface area contributed by atoms with Crippen molar-refractivity contribution in [2.75, 3.05) is 33.2 Å². The van der Waals surface area contributed by atoms with Gasteiger partial charge in [0.2, 0.25) is 11.8 Å². The number of nitrogens with zero attached hydrogens (tertiary/aromatic N) is 4. The van der Waals surface area contributed by atoms with E-state index in [0.29, 0.717) is 37.3 Å². The number of piperidine rings is 1. The second-order valence-electron chi connectivity index (χ2n) is 6.42. The van der Waals surface area contributed by atoms with E-state index in [1.54, 1.807) is 6.92 Å². The molecule has 2 aliphatic heterocycles. The van der Waals surface area contributed by atoms with Gasteiger partial charge in [-0.25, -0.2) is 4.63 Å². The van der Waals surface area contributed by atoms with Crippen LogP contribution in [0.1, 0.15) is 30.7 Å². The van der Waals surface area contributed by atoms with E-state index in [9.17, 15) is 9.59 Å². The highest BCUT2D eigenvalue weighted by Gasteiger charge is 2.46. The number of amides is 2. The number of hydrogen-bond acceptors (Lipinski definition) is 6. The van der Waals surface area contributed by atoms with Gasteiger partial charge in [-0.2, -0.15) is 0 Å². The van der Waals surface area contributed by atoms with Crippen molar-refractivity contribution < 1.29 is 14.2 Å². The van der Waals surface area contributed by atoms with Gasteiger partial charge in [0.05, 0.1) is 6.42 Å². The van der Waals surface area contributed by atoms with E-state index in [1.165, 1.54) is 0 Å². The van der Waals surface area contributed by atoms with Crippen LogP contribution in [0.25, 0.3) is 0 Å². The van der Waals surface area contributed by atoms with Gasteiger partial charge < -0.3 is 10.2 Å². The monoisotopic (exact) mass is 321 g/mol. The van der Waals surface area contributed by atoms with E-state index >= 15 is 0 Å². The van der Waals surface area contributed by atoms with Crippen LogP contribution in [0.2, 0.25) is 0 Å². The molecule has 8 nitrogen and oxygen atoms in total. The van der Waals surface area contributed by atoms with Crippen molar-refractivity contribution >= 4 is 11.8 Å². The Morgan fingerprint density at radius 2 is 2.04 bits per heavy atom. The molecule has 3 rings (SSSR count). The van der Waals surface area contributed by atoms with Gasteiger partial charge in [0.25, 0.3) is 0 Å². The predicted molar refractivity (Wildman–Crippen MR) is 81.5 cm³/mol. The maximum atomic E-state index is 12.5. The molecule has 0 atom stereocenters. The summed E-state index contributed by atoms with van der Waals surface area (Å²) in [5.41, 5.74) is 0.757. The van der Waals surface area contributed by atoms with Crippen LogP contribution in [0.3, 0.4) is 0 Å². The van der Waals surface area contributed by atoms with E-state index in [-0.39, 0.29) is 18.2 Å². The highest BCUT2D eigenvalue weighted by atomic mass is 16.6. The molecule has 0 unspecified atom stereocenters. The molecule has 1 aromatic rings. The Morgan fingerprint density at radius 3 is 2.70 bits per heavy atom. The van der Waals surface area contributed by atoms with Gasteiger partial charge >= 0.3 is 0 Å². The second-order valence-corrected chi connectivity index (χ2v) is 6.42. The van der Waals surface area contributed by atoms with Crippen molar-refractivity contribution in [2.24, 2.45) is 0 Å². The Hall–Kier alpha value is -1.96. The minimum atomic E-state index is -0.474. The van der Waals surface area contributed by atoms with Crippen molar-refractivity contribution in [3.8, 4) is 0 Å². The first-order valence-electron chi connectivity index (χ1n) is 8.08. The Kier molecular flexibility index (Phi) is 4.34. The molecule has 3 heterocycles. The summed E-state index contributed by atoms with van der Waals surface area (Å²) in [7, 11) is 2.01. The van der Waals surface area contributed by atoms with Gasteiger partial charge in [-0.3, -0.25) is 14.5 Å². The van der Waals surface area contributed by atoms with E-state index in [1.807, 2.05) is 11.9 Å². The molecule has 1 N–H and O–H groups in total. The van der Waals surface area contributed by atoms with E-state index in [0.717, 1.165) is 19.5 Å². The summed E-state index contributed by atoms with van der Waals surface area (Å²) < 4.78 is 4.64. The number of aryl methyl sites for hydroxylation is 1. The molecule has 2 fully saturated rings. The number of aromatic nitrogens is 2. The van der Waals surface area contributed by atoms with E-state index in [2.05, 4.69) is 25.2 Å². The van der Waals surface area contributed by atoms with Crippen LogP contribution < -0.4 is 5.32 Å². The average molecular weight is 321 g/mol. The molecule has 1 aromatic heterocycles. The number of nitrogens with one attached hydrogen (secondary N) is 1. The maximum Gasteiger partial charge on any atom is 0.240 e. The zero-order valence-electron chi connectivity index (χ0n) is 13.7. The first kappa shape index (κ1) is 15.9. The normalized spacial score (nSPS) is 22.0. The first-order valence-corrected chi connectivity index (χ1v) is 8.08. The van der Waals surface area contributed by atoms with E-state index < -0.39 is 5.54 Å². The lowest BCUT2D eigenvalue weighted by Crippen LogP contribution is -2.61. The summed E-state index contributed by atoms with van der Waals surface area (Å²) in [6.45, 7) is 4.57. The van der Waals surface area contributed by atoms with Crippen LogP contribution in [0.15, 0.2) is 4.63 Å². The molecule has 0 bridgehead atoms. The lowest BCUT2D eigenvalue weighted by Gasteiger charge is -2.44. The molecule has 126 valence electrons. The molecule has 0 aromatic carbocycles. The highest BCUT2D eigenvalue weighted by Crippen LogP contribution is 2.30. The summed E-state index contributed by atoms with van der Waals surface area (Å²) >= 11 is 0. The average Bonchev–Trinajstić information content (AvgIpc) is 2.90. The third-order valence-electron chi connectivity index (χ3n) is 5.12. The van der Waals surface area contributed by atoms with Crippen LogP contribution >= 0.6 is 0 Å². The third kappa shape index (κ3) is 2.95. The Balaban J connectivity index is 1.64. The molecule has 2 aliphatic rings. The fourth-order valence-electron chi connectivity index (χ4n) is 3.47. The van der Waals surface area contributed by atoms with Crippen LogP contribution in [0.5, 0.6) is 0 Å². The number of hydrogen-bond donors (Lipinski definition) is 1. The maximum absolute atomic E-state index is 12.5. The Bertz CT molecular complexity index is 592. The lowest BCUT2D eigenvalue weighted by atomic mass is 9.85. The molecule has 23 heavy (non-hydrogen) atoms. The van der Waals surface area contributed by atoms with Crippen molar-refractivity contribution in [3.63, 3.8) is 0 Å². The zero-order valence-corrected chi connectivity index (χ0v) is 13.7. The van der Waals surface area contributed by atoms with Crippen molar-refractivity contribution in [3.05, 3.63) is 11.4 Å². The summed E-state index contributed by atoms with van der Waals surface area (Å²) in [4.78, 5) is 28.9. The number of carbonyl (C=O) groups is 2. The first-order chi connectivity index (χ1) is 11.0. The molecule has 2 saturated heterocycles. The number of likely N-dealkylation sites (tertiary alicyclic amines) is 1. The smallest absolute Gasteiger partial charge is 0.240 e. The van der Waals surface area contributed by atoms with Crippen molar-refractivity contribution in [1.29, 1.82) is 0 Å². The fraction of sp³-hybridized carbons (Fsp3) is 0.733. The summed E-state index contributed by atoms with van der Waals surface area (Å²) in [6, 6.07) is 0. The SMILES string of the molecule is Cc1nonc1CC(=O)N1CCC2(CC1)C(=O)NCCCN2C. The number of carbonyl (C=O) groups excluding carboxylic acids is 2. The van der Waals surface area contributed by atoms with Crippen LogP contribution in [0.4, 0.5) is 0 Å². The minimum Gasteiger partial charge on any atom is -0.354 e. The van der Waals surface area contributed by atoms with Gasteiger partial charge in [-0.05, 0) is 33.2 Å². The molecular formula is C15H23N5O3. The molecule has 8 heteroatoms. The molecular weight excluding hydrogens is 298 g/mol. The minimum absolute atomic E-state index is 0.00957. The summed E-state index contributed by atoms with van der Waals surface area (Å²) in [5.74, 6) is 0.108. The number of likely N-dealkylation sites (N-methyl/N-ethyl adjacent to an activating group) is 1. The molecule has 2 amide bonds. The van der Waals surface area contributed by atoms with Crippen LogP contribution in [0, 0.1) is 6.92 Å². The topological polar surface area (TPSA) is 91.6 Å². The van der Waals surface area contributed by atoms with Gasteiger partial charge in [0, 0.05) is 26.2 Å². The summed E-state index contributed by atoms with van der Waals surface area (Å²) in [5, 5.41) is 10.5. The Morgan fingerprint density at radius 1 is 1.30 bits per heavy atom. The third-order valence-corrected chi connectivity index (χ3v) is 5.12. The highest BCUT2D eigenvalue weighted by molar-refractivity contribution is 5.87. The standard InChI is InChI=1S/C15H23N5O3/c1-11-12(18-23-17-11)10-13(21)20-8-4-15(5-9-20)14(22)16-6-3-7-19(15)2/h3-10H2,1-2H3,(H,16,22). The van der Waals surface area contributed by atoms with E-state index in [4.69, 9.17) is 0 Å². The van der Waals surface area contributed by atoms with Crippen molar-refractivity contribution in [1.82, 2.24) is 25.4 Å². The van der Waals surface area contributed by atoms with Crippen LogP contribution in [-0.4, -0.2) is 70.7 Å². The molecule has 0 radical (unpaired) electrons. The fourth-order valence-corrected chi connectivity index (χ4v) is 3.47. The van der Waals surface area contributed by atoms with Gasteiger partial charge in [-0.15, -0.1) is 0 Å². The van der Waals surface area contributed by atoms with Gasteiger partial charge in [0.15, 0.2) is 0 Å². The predicted octanol–water partition coefficient (Wildman–Crippen LogP) is -0.267. The van der Waals surface area contributed by atoms with Gasteiger partial charge in [-0.1, -0.05) is 10.3 Å².